The topological polar surface area (TPSA) is 195 Å². The van der Waals surface area contributed by atoms with Gasteiger partial charge in [0.05, 0.1) is 52.2 Å². The first-order valence-electron chi connectivity index (χ1n) is 17.2. The molecule has 55 heavy (non-hydrogen) atoms. The van der Waals surface area contributed by atoms with Crippen LogP contribution in [0.1, 0.15) is 6.92 Å². The van der Waals surface area contributed by atoms with Gasteiger partial charge in [-0.15, -0.1) is 0 Å². The van der Waals surface area contributed by atoms with Gasteiger partial charge in [-0.3, -0.25) is 9.63 Å². The highest BCUT2D eigenvalue weighted by Crippen LogP contribution is 2.37. The second-order valence-corrected chi connectivity index (χ2v) is 14.3. The van der Waals surface area contributed by atoms with Crippen molar-refractivity contribution in [2.24, 2.45) is 0 Å². The van der Waals surface area contributed by atoms with Gasteiger partial charge in [-0.25, -0.2) is 13.4 Å². The van der Waals surface area contributed by atoms with Gasteiger partial charge in [-0.05, 0) is 67.6 Å². The molecule has 2 heterocycles. The highest BCUT2D eigenvalue weighted by atomic mass is 32.2. The van der Waals surface area contributed by atoms with Crippen molar-refractivity contribution in [3.8, 4) is 17.0 Å². The Morgan fingerprint density at radius 3 is 1.91 bits per heavy atom. The number of hydrogen-bond donors (Lipinski definition) is 4. The van der Waals surface area contributed by atoms with E-state index in [1.54, 1.807) is 25.3 Å². The molecule has 0 spiro atoms. The smallest absolute Gasteiger partial charge is 0.229 e. The zero-order valence-corrected chi connectivity index (χ0v) is 31.2. The summed E-state index contributed by atoms with van der Waals surface area (Å²) < 4.78 is 33.3. The fourth-order valence-electron chi connectivity index (χ4n) is 6.68. The third-order valence-corrected chi connectivity index (χ3v) is 9.49. The number of benzene rings is 6. The predicted molar refractivity (Wildman–Crippen MR) is 226 cm³/mol. The number of methoxy groups -OCH3 is 1. The number of sulfonamides is 1. The lowest BCUT2D eigenvalue weighted by Crippen LogP contribution is -2.36. The molecular formula is C42H39N9O3S. The molecule has 8 rings (SSSR count). The van der Waals surface area contributed by atoms with Crippen LogP contribution in [0.4, 0.5) is 28.4 Å². The number of fused-ring (bicyclic) bond motifs is 5. The Labute approximate surface area is 318 Å². The summed E-state index contributed by atoms with van der Waals surface area (Å²) in [5.74, 6) is 0.527. The molecule has 0 aliphatic carbocycles. The summed E-state index contributed by atoms with van der Waals surface area (Å²) in [7, 11) is -1.82. The van der Waals surface area contributed by atoms with Gasteiger partial charge in [0.2, 0.25) is 21.2 Å². The molecule has 0 aliphatic heterocycles. The van der Waals surface area contributed by atoms with Gasteiger partial charge in [0.1, 0.15) is 12.3 Å². The standard InChI is InChI=1S/C21H19N3O3S.C21H19N3.N3/c1-27-20-13-14(24-28(2,25)26)11-12-19(20)23-21-15-7-3-5-9-17(15)22-18-10-6-4-8-16(18)21;1-2-24-20-13-16(23)9-11-18(20)17-10-8-15(22)12-19(17)21(24)14-6-4-3-5-7-14;1-3-2/h3-13,24H,1-2H3,(H,22,23);3-13,23H,2,22H2,1H3;/q;;-1/p+1. The Morgan fingerprint density at radius 1 is 0.727 bits per heavy atom. The fraction of sp³-hybridized carbons (Fsp3) is 0.0952. The van der Waals surface area contributed by atoms with Gasteiger partial charge in [-0.2, -0.15) is 4.57 Å². The van der Waals surface area contributed by atoms with Crippen LogP contribution in [0.3, 0.4) is 0 Å². The van der Waals surface area contributed by atoms with Crippen molar-refractivity contribution in [2.45, 2.75) is 13.5 Å². The quantitative estimate of drug-likeness (QED) is 0.0237. The van der Waals surface area contributed by atoms with Crippen molar-refractivity contribution in [1.29, 1.82) is 0 Å². The Morgan fingerprint density at radius 2 is 1.31 bits per heavy atom. The molecule has 2 aromatic heterocycles. The van der Waals surface area contributed by atoms with E-state index in [4.69, 9.17) is 32.3 Å². The lowest BCUT2D eigenvalue weighted by Gasteiger charge is -2.16. The number of pyridine rings is 2. The molecule has 0 radical (unpaired) electrons. The van der Waals surface area contributed by atoms with Crippen LogP contribution >= 0.6 is 0 Å². The number of anilines is 5. The van der Waals surface area contributed by atoms with Crippen molar-refractivity contribution < 1.29 is 17.7 Å². The van der Waals surface area contributed by atoms with Gasteiger partial charge in [0, 0.05) is 45.2 Å². The van der Waals surface area contributed by atoms with Gasteiger partial charge in [-0.1, -0.05) is 60.7 Å². The molecule has 6 N–H and O–H groups in total. The predicted octanol–water partition coefficient (Wildman–Crippen LogP) is 9.51. The van der Waals surface area contributed by atoms with E-state index in [0.717, 1.165) is 62.9 Å². The number of nitrogens with zero attached hydrogens (tertiary/aromatic N) is 5. The Hall–Kier alpha value is -7.08. The van der Waals surface area contributed by atoms with E-state index in [2.05, 4.69) is 70.1 Å². The first-order valence-corrected chi connectivity index (χ1v) is 19.1. The minimum Gasteiger partial charge on any atom is -0.494 e. The van der Waals surface area contributed by atoms with Crippen molar-refractivity contribution >= 4 is 81.9 Å². The summed E-state index contributed by atoms with van der Waals surface area (Å²) in [6.07, 6.45) is 1.11. The maximum absolute atomic E-state index is 11.5. The van der Waals surface area contributed by atoms with Gasteiger partial charge in [0.25, 0.3) is 0 Å². The summed E-state index contributed by atoms with van der Waals surface area (Å²) in [5.41, 5.74) is 34.6. The SMILES string of the molecule is CC[n+]1c(-c2ccccc2)c2cc(N)ccc2c2ccc(N)cc21.COc1cc(NS(C)(=O)=O)ccc1Nc1c2ccccc2nc2ccccc12.[N-]=[N+]=[N-]. The van der Waals surface area contributed by atoms with Crippen molar-refractivity contribution in [1.82, 2.24) is 4.98 Å². The number of ether oxygens (including phenoxy) is 1. The lowest BCUT2D eigenvalue weighted by atomic mass is 9.98. The lowest BCUT2D eigenvalue weighted by molar-refractivity contribution is -0.655. The second kappa shape index (κ2) is 16.3. The molecule has 8 aromatic rings. The first kappa shape index (κ1) is 37.7. The summed E-state index contributed by atoms with van der Waals surface area (Å²) in [5, 5.41) is 8.99. The summed E-state index contributed by atoms with van der Waals surface area (Å²) in [6.45, 7) is 3.02. The number of nitrogens with two attached hydrogens (primary N) is 2. The maximum atomic E-state index is 11.5. The molecule has 0 amide bonds. The number of aryl methyl sites for hydroxylation is 1. The molecule has 0 aliphatic rings. The molecule has 276 valence electrons. The molecule has 0 bridgehead atoms. The van der Waals surface area contributed by atoms with Crippen LogP contribution in [0.2, 0.25) is 0 Å². The molecule has 0 saturated carbocycles. The average molecular weight is 750 g/mol. The molecular weight excluding hydrogens is 711 g/mol. The van der Waals surface area contributed by atoms with E-state index < -0.39 is 10.0 Å². The fourth-order valence-corrected chi connectivity index (χ4v) is 7.23. The summed E-state index contributed by atoms with van der Waals surface area (Å²) in [4.78, 5) is 6.23. The highest BCUT2D eigenvalue weighted by Gasteiger charge is 2.22. The zero-order valence-electron chi connectivity index (χ0n) is 30.4. The molecule has 12 nitrogen and oxygen atoms in total. The van der Waals surface area contributed by atoms with Gasteiger partial charge in [0.15, 0.2) is 0 Å². The number of rotatable bonds is 7. The molecule has 13 heteroatoms. The minimum atomic E-state index is -3.37. The normalized spacial score (nSPS) is 10.9. The number of nitrogens with one attached hydrogen (secondary N) is 2. The third kappa shape index (κ3) is 8.28. The number of nitrogen functional groups attached to an aromatic ring is 2. The van der Waals surface area contributed by atoms with E-state index in [1.165, 1.54) is 32.3 Å². The highest BCUT2D eigenvalue weighted by molar-refractivity contribution is 7.92. The summed E-state index contributed by atoms with van der Waals surface area (Å²) in [6, 6.07) is 43.7. The largest absolute Gasteiger partial charge is 0.494 e. The Balaban J connectivity index is 0.000000176. The Kier molecular flexibility index (Phi) is 11.2. The van der Waals surface area contributed by atoms with Crippen LogP contribution in [-0.4, -0.2) is 26.8 Å². The van der Waals surface area contributed by atoms with Crippen LogP contribution < -0.4 is 30.8 Å². The maximum Gasteiger partial charge on any atom is 0.229 e. The second-order valence-electron chi connectivity index (χ2n) is 12.6. The first-order chi connectivity index (χ1) is 26.5. The van der Waals surface area contributed by atoms with E-state index in [1.807, 2.05) is 66.7 Å². The van der Waals surface area contributed by atoms with Crippen LogP contribution in [0.5, 0.6) is 5.75 Å². The van der Waals surface area contributed by atoms with E-state index in [9.17, 15) is 8.42 Å². The van der Waals surface area contributed by atoms with Crippen molar-refractivity contribution in [3.05, 3.63) is 149 Å². The zero-order chi connectivity index (χ0) is 39.1. The molecule has 0 saturated heterocycles. The monoisotopic (exact) mass is 749 g/mol. The van der Waals surface area contributed by atoms with E-state index in [0.29, 0.717) is 11.4 Å². The van der Waals surface area contributed by atoms with E-state index >= 15 is 0 Å². The number of para-hydroxylation sites is 2. The summed E-state index contributed by atoms with van der Waals surface area (Å²) >= 11 is 0. The molecule has 6 aromatic carbocycles. The number of aromatic nitrogens is 2. The molecule has 0 unspecified atom stereocenters. The molecule has 0 fully saturated rings. The van der Waals surface area contributed by atoms with Gasteiger partial charge >= 0.3 is 0 Å². The number of hydrogen-bond acceptors (Lipinski definition) is 7. The third-order valence-electron chi connectivity index (χ3n) is 8.89. The van der Waals surface area contributed by atoms with Gasteiger partial charge < -0.3 is 32.6 Å². The molecule has 0 atom stereocenters. The van der Waals surface area contributed by atoms with Crippen LogP contribution in [0.15, 0.2) is 133 Å². The van der Waals surface area contributed by atoms with Crippen molar-refractivity contribution in [2.75, 3.05) is 34.9 Å². The Bertz CT molecular complexity index is 2770. The van der Waals surface area contributed by atoms with Crippen molar-refractivity contribution in [3.63, 3.8) is 0 Å². The average Bonchev–Trinajstić information content (AvgIpc) is 3.18. The van der Waals surface area contributed by atoms with Crippen LogP contribution in [-0.2, 0) is 16.6 Å². The van der Waals surface area contributed by atoms with E-state index in [-0.39, 0.29) is 0 Å². The van der Waals surface area contributed by atoms with Crippen LogP contribution in [0, 0.1) is 0 Å². The minimum absolute atomic E-state index is 0.439. The van der Waals surface area contributed by atoms with Crippen LogP contribution in [0.25, 0.3) is 70.7 Å².